The summed E-state index contributed by atoms with van der Waals surface area (Å²) in [7, 11) is -2.32. The molecule has 0 aliphatic carbocycles. The molecule has 0 fully saturated rings. The van der Waals surface area contributed by atoms with Crippen LogP contribution >= 0.6 is 0 Å². The number of sulfonamides is 1. The van der Waals surface area contributed by atoms with Crippen molar-refractivity contribution in [2.24, 2.45) is 0 Å². The van der Waals surface area contributed by atoms with Gasteiger partial charge in [0.25, 0.3) is 0 Å². The largest absolute Gasteiger partial charge is 0.310 e. The smallest absolute Gasteiger partial charge is 0.243 e. The highest BCUT2D eigenvalue weighted by Gasteiger charge is 2.22. The number of nitrogens with zero attached hydrogens (tertiary/aromatic N) is 2. The number of amides is 1. The van der Waals surface area contributed by atoms with Crippen molar-refractivity contribution in [3.63, 3.8) is 0 Å². The van der Waals surface area contributed by atoms with Crippen LogP contribution in [0.3, 0.4) is 0 Å². The number of carbonyl (C=O) groups excluding carboxylic acids is 1. The van der Waals surface area contributed by atoms with Crippen molar-refractivity contribution >= 4 is 21.7 Å². The molecule has 1 N–H and O–H groups in total. The van der Waals surface area contributed by atoms with E-state index in [0.717, 1.165) is 9.87 Å². The predicted octanol–water partition coefficient (Wildman–Crippen LogP) is 1.65. The Morgan fingerprint density at radius 3 is 2.45 bits per heavy atom. The number of aryl methyl sites for hydroxylation is 1. The topological polar surface area (TPSA) is 79.4 Å². The Morgan fingerprint density at radius 2 is 1.86 bits per heavy atom. The molecule has 2 rings (SSSR count). The van der Waals surface area contributed by atoms with E-state index in [2.05, 4.69) is 10.3 Å². The van der Waals surface area contributed by atoms with Gasteiger partial charge >= 0.3 is 0 Å². The molecular weight excluding hydrogens is 302 g/mol. The highest BCUT2D eigenvalue weighted by molar-refractivity contribution is 7.89. The molecule has 116 valence electrons. The van der Waals surface area contributed by atoms with Crippen LogP contribution in [-0.4, -0.2) is 37.2 Å². The predicted molar refractivity (Wildman–Crippen MR) is 83.9 cm³/mol. The normalized spacial score (nSPS) is 11.4. The van der Waals surface area contributed by atoms with E-state index in [1.54, 1.807) is 36.5 Å². The van der Waals surface area contributed by atoms with Crippen LogP contribution in [0.15, 0.2) is 53.6 Å². The molecule has 0 unspecified atom stereocenters. The molecule has 0 saturated heterocycles. The van der Waals surface area contributed by atoms with Gasteiger partial charge in [-0.2, -0.15) is 4.31 Å². The van der Waals surface area contributed by atoms with Crippen molar-refractivity contribution in [3.05, 3.63) is 54.2 Å². The van der Waals surface area contributed by atoms with Gasteiger partial charge in [-0.05, 0) is 31.2 Å². The number of nitrogens with one attached hydrogen (secondary N) is 1. The summed E-state index contributed by atoms with van der Waals surface area (Å²) in [6, 6.07) is 11.6. The molecule has 7 heteroatoms. The average Bonchev–Trinajstić information content (AvgIpc) is 2.48. The fraction of sp³-hybridized carbons (Fsp3) is 0.200. The van der Waals surface area contributed by atoms with E-state index in [1.807, 2.05) is 6.92 Å². The Morgan fingerprint density at radius 1 is 1.18 bits per heavy atom. The standard InChI is InChI=1S/C15H17N3O3S/c1-12-6-8-13(9-7-12)22(20,21)18(2)11-15(19)17-14-5-3-4-10-16-14/h3-10H,11H2,1-2H3,(H,16,17,19). The number of anilines is 1. The Hall–Kier alpha value is -2.25. The van der Waals surface area contributed by atoms with Gasteiger partial charge in [-0.25, -0.2) is 13.4 Å². The zero-order valence-corrected chi connectivity index (χ0v) is 13.2. The molecule has 1 heterocycles. The molecule has 0 radical (unpaired) electrons. The van der Waals surface area contributed by atoms with E-state index in [1.165, 1.54) is 19.2 Å². The molecule has 0 aliphatic heterocycles. The number of hydrogen-bond acceptors (Lipinski definition) is 4. The quantitative estimate of drug-likeness (QED) is 0.909. The number of carbonyl (C=O) groups is 1. The Kier molecular flexibility index (Phi) is 4.89. The van der Waals surface area contributed by atoms with E-state index in [-0.39, 0.29) is 11.4 Å². The third-order valence-corrected chi connectivity index (χ3v) is 4.85. The first kappa shape index (κ1) is 16.1. The lowest BCUT2D eigenvalue weighted by Crippen LogP contribution is -2.35. The summed E-state index contributed by atoms with van der Waals surface area (Å²) in [5, 5.41) is 2.55. The van der Waals surface area contributed by atoms with Gasteiger partial charge in [-0.1, -0.05) is 23.8 Å². The highest BCUT2D eigenvalue weighted by atomic mass is 32.2. The van der Waals surface area contributed by atoms with Crippen LogP contribution in [0.25, 0.3) is 0 Å². The molecule has 22 heavy (non-hydrogen) atoms. The summed E-state index contributed by atoms with van der Waals surface area (Å²) in [6.07, 6.45) is 1.54. The summed E-state index contributed by atoms with van der Waals surface area (Å²) in [5.41, 5.74) is 0.967. The molecule has 0 atom stereocenters. The van der Waals surface area contributed by atoms with Gasteiger partial charge in [-0.3, -0.25) is 4.79 Å². The molecule has 0 saturated carbocycles. The number of aromatic nitrogens is 1. The van der Waals surface area contributed by atoms with Crippen molar-refractivity contribution in [1.82, 2.24) is 9.29 Å². The van der Waals surface area contributed by atoms with Crippen LogP contribution in [0.2, 0.25) is 0 Å². The second-order valence-corrected chi connectivity index (χ2v) is 6.88. The molecule has 1 aromatic carbocycles. The maximum Gasteiger partial charge on any atom is 0.243 e. The molecule has 1 aromatic heterocycles. The maximum absolute atomic E-state index is 12.4. The van der Waals surface area contributed by atoms with Gasteiger partial charge in [0.2, 0.25) is 15.9 Å². The van der Waals surface area contributed by atoms with Gasteiger partial charge in [0.15, 0.2) is 0 Å². The Bertz CT molecular complexity index is 743. The Balaban J connectivity index is 2.06. The summed E-state index contributed by atoms with van der Waals surface area (Å²) in [5.74, 6) is -0.0643. The van der Waals surface area contributed by atoms with Gasteiger partial charge in [0.1, 0.15) is 5.82 Å². The minimum absolute atomic E-state index is 0.159. The zero-order chi connectivity index (χ0) is 16.2. The van der Waals surface area contributed by atoms with Crippen molar-refractivity contribution < 1.29 is 13.2 Å². The minimum atomic E-state index is -3.69. The van der Waals surface area contributed by atoms with Crippen molar-refractivity contribution in [1.29, 1.82) is 0 Å². The van der Waals surface area contributed by atoms with E-state index in [9.17, 15) is 13.2 Å². The molecule has 0 aliphatic rings. The molecule has 6 nitrogen and oxygen atoms in total. The van der Waals surface area contributed by atoms with E-state index in [4.69, 9.17) is 0 Å². The van der Waals surface area contributed by atoms with Crippen LogP contribution in [0.4, 0.5) is 5.82 Å². The van der Waals surface area contributed by atoms with Gasteiger partial charge in [0, 0.05) is 13.2 Å². The maximum atomic E-state index is 12.4. The molecular formula is C15H17N3O3S. The number of benzene rings is 1. The lowest BCUT2D eigenvalue weighted by Gasteiger charge is -2.16. The SMILES string of the molecule is Cc1ccc(S(=O)(=O)N(C)CC(=O)Nc2ccccn2)cc1. The number of hydrogen-bond donors (Lipinski definition) is 1. The fourth-order valence-electron chi connectivity index (χ4n) is 1.80. The lowest BCUT2D eigenvalue weighted by atomic mass is 10.2. The van der Waals surface area contributed by atoms with Gasteiger partial charge in [-0.15, -0.1) is 0 Å². The van der Waals surface area contributed by atoms with Gasteiger partial charge < -0.3 is 5.32 Å². The summed E-state index contributed by atoms with van der Waals surface area (Å²) >= 11 is 0. The number of pyridine rings is 1. The summed E-state index contributed by atoms with van der Waals surface area (Å²) in [4.78, 5) is 16.0. The third kappa shape index (κ3) is 3.90. The Labute approximate surface area is 129 Å². The molecule has 0 spiro atoms. The van der Waals surface area contributed by atoms with Crippen molar-refractivity contribution in [2.45, 2.75) is 11.8 Å². The molecule has 0 bridgehead atoms. The third-order valence-electron chi connectivity index (χ3n) is 3.03. The van der Waals surface area contributed by atoms with Crippen molar-refractivity contribution in [2.75, 3.05) is 18.9 Å². The number of likely N-dealkylation sites (N-methyl/N-ethyl adjacent to an activating group) is 1. The van der Waals surface area contributed by atoms with Crippen LogP contribution in [0, 0.1) is 6.92 Å². The second kappa shape index (κ2) is 6.67. The summed E-state index contributed by atoms with van der Waals surface area (Å²) in [6.45, 7) is 1.59. The minimum Gasteiger partial charge on any atom is -0.310 e. The summed E-state index contributed by atoms with van der Waals surface area (Å²) < 4.78 is 25.7. The van der Waals surface area contributed by atoms with Crippen LogP contribution in [0.5, 0.6) is 0 Å². The van der Waals surface area contributed by atoms with Crippen LogP contribution < -0.4 is 5.32 Å². The zero-order valence-electron chi connectivity index (χ0n) is 12.4. The first-order valence-electron chi connectivity index (χ1n) is 6.63. The lowest BCUT2D eigenvalue weighted by molar-refractivity contribution is -0.116. The monoisotopic (exact) mass is 319 g/mol. The molecule has 2 aromatic rings. The van der Waals surface area contributed by atoms with E-state index < -0.39 is 15.9 Å². The second-order valence-electron chi connectivity index (χ2n) is 4.84. The first-order chi connectivity index (χ1) is 10.4. The average molecular weight is 319 g/mol. The van der Waals surface area contributed by atoms with Crippen LogP contribution in [0.1, 0.15) is 5.56 Å². The van der Waals surface area contributed by atoms with Crippen LogP contribution in [-0.2, 0) is 14.8 Å². The van der Waals surface area contributed by atoms with Crippen molar-refractivity contribution in [3.8, 4) is 0 Å². The molecule has 1 amide bonds. The van der Waals surface area contributed by atoms with E-state index >= 15 is 0 Å². The first-order valence-corrected chi connectivity index (χ1v) is 8.07. The van der Waals surface area contributed by atoms with E-state index in [0.29, 0.717) is 5.82 Å². The van der Waals surface area contributed by atoms with Gasteiger partial charge in [0.05, 0.1) is 11.4 Å². The fourth-order valence-corrected chi connectivity index (χ4v) is 2.92. The number of rotatable bonds is 5. The highest BCUT2D eigenvalue weighted by Crippen LogP contribution is 2.14.